The lowest BCUT2D eigenvalue weighted by molar-refractivity contribution is 0.242. The molecule has 0 radical (unpaired) electrons. The highest BCUT2D eigenvalue weighted by atomic mass is 35.5. The molecule has 5 heteroatoms. The van der Waals surface area contributed by atoms with Crippen LogP contribution in [-0.2, 0) is 0 Å². The Bertz CT molecular complexity index is 337. The number of ether oxygens (including phenoxy) is 1. The molecule has 1 aromatic rings. The normalized spacial score (nSPS) is 11.5. The zero-order valence-corrected chi connectivity index (χ0v) is 10.6. The largest absolute Gasteiger partial charge is 0.490 e. The molecule has 0 bridgehead atoms. The molecule has 0 spiro atoms. The summed E-state index contributed by atoms with van der Waals surface area (Å²) in [5.74, 6) is 0.487. The van der Waals surface area contributed by atoms with E-state index in [1.54, 1.807) is 6.07 Å². The highest BCUT2D eigenvalue weighted by Crippen LogP contribution is 2.25. The second-order valence-corrected chi connectivity index (χ2v) is 5.23. The minimum atomic E-state index is 0.233. The van der Waals surface area contributed by atoms with Crippen LogP contribution in [0.1, 0.15) is 27.2 Å². The number of halogens is 2. The van der Waals surface area contributed by atoms with Crippen LogP contribution in [0, 0.1) is 5.41 Å². The summed E-state index contributed by atoms with van der Waals surface area (Å²) in [6.45, 7) is 7.03. The van der Waals surface area contributed by atoms with Gasteiger partial charge in [-0.2, -0.15) is 0 Å². The Kier molecular flexibility index (Phi) is 4.17. The fourth-order valence-electron chi connectivity index (χ4n) is 0.906. The smallest absolute Gasteiger partial charge is 0.193 e. The number of hydrogen-bond acceptors (Lipinski definition) is 3. The topological polar surface area (TPSA) is 35.0 Å². The van der Waals surface area contributed by atoms with Crippen LogP contribution in [0.3, 0.4) is 0 Å². The molecule has 0 aliphatic heterocycles. The summed E-state index contributed by atoms with van der Waals surface area (Å²) in [7, 11) is 0. The Morgan fingerprint density at radius 2 is 1.93 bits per heavy atom. The third-order valence-corrected chi connectivity index (χ3v) is 2.24. The number of nitrogens with zero attached hydrogens (tertiary/aromatic N) is 2. The highest BCUT2D eigenvalue weighted by molar-refractivity contribution is 6.32. The molecule has 1 heterocycles. The summed E-state index contributed by atoms with van der Waals surface area (Å²) in [4.78, 5) is 0. The fraction of sp³-hybridized carbons (Fsp3) is 0.600. The van der Waals surface area contributed by atoms with E-state index < -0.39 is 0 Å². The molecule has 15 heavy (non-hydrogen) atoms. The number of aromatic nitrogens is 2. The van der Waals surface area contributed by atoms with E-state index in [-0.39, 0.29) is 15.7 Å². The minimum Gasteiger partial charge on any atom is -0.490 e. The van der Waals surface area contributed by atoms with Crippen molar-refractivity contribution in [1.82, 2.24) is 10.2 Å². The van der Waals surface area contributed by atoms with Gasteiger partial charge in [-0.15, -0.1) is 10.2 Å². The van der Waals surface area contributed by atoms with Gasteiger partial charge in [0, 0.05) is 6.07 Å². The molecular formula is C10H14Cl2N2O. The van der Waals surface area contributed by atoms with E-state index in [1.165, 1.54) is 0 Å². The van der Waals surface area contributed by atoms with Gasteiger partial charge in [0.05, 0.1) is 6.61 Å². The lowest BCUT2D eigenvalue weighted by atomic mass is 9.93. The molecular weight excluding hydrogens is 235 g/mol. The molecule has 1 aromatic heterocycles. The van der Waals surface area contributed by atoms with E-state index in [9.17, 15) is 0 Å². The van der Waals surface area contributed by atoms with Crippen LogP contribution < -0.4 is 4.74 Å². The van der Waals surface area contributed by atoms with E-state index in [2.05, 4.69) is 31.0 Å². The van der Waals surface area contributed by atoms with Gasteiger partial charge >= 0.3 is 0 Å². The summed E-state index contributed by atoms with van der Waals surface area (Å²) >= 11 is 11.5. The van der Waals surface area contributed by atoms with E-state index in [1.807, 2.05) is 0 Å². The van der Waals surface area contributed by atoms with Gasteiger partial charge < -0.3 is 4.74 Å². The van der Waals surface area contributed by atoms with Crippen molar-refractivity contribution in [2.24, 2.45) is 5.41 Å². The van der Waals surface area contributed by atoms with Gasteiger partial charge in [-0.05, 0) is 11.8 Å². The van der Waals surface area contributed by atoms with Crippen LogP contribution >= 0.6 is 23.2 Å². The molecule has 0 amide bonds. The third kappa shape index (κ3) is 4.67. The molecule has 1 rings (SSSR count). The minimum absolute atomic E-state index is 0.233. The van der Waals surface area contributed by atoms with Crippen LogP contribution in [0.15, 0.2) is 6.07 Å². The van der Waals surface area contributed by atoms with Gasteiger partial charge in [-0.3, -0.25) is 0 Å². The van der Waals surface area contributed by atoms with Crippen molar-refractivity contribution < 1.29 is 4.74 Å². The summed E-state index contributed by atoms with van der Waals surface area (Å²) in [5.41, 5.74) is 0.233. The summed E-state index contributed by atoms with van der Waals surface area (Å²) in [6.07, 6.45) is 0.934. The molecule has 0 saturated carbocycles. The van der Waals surface area contributed by atoms with Gasteiger partial charge in [0.2, 0.25) is 0 Å². The summed E-state index contributed by atoms with van der Waals surface area (Å²) < 4.78 is 5.47. The van der Waals surface area contributed by atoms with Crippen molar-refractivity contribution in [2.75, 3.05) is 6.61 Å². The monoisotopic (exact) mass is 248 g/mol. The fourth-order valence-corrected chi connectivity index (χ4v) is 1.19. The molecule has 0 saturated heterocycles. The first-order valence-electron chi connectivity index (χ1n) is 4.70. The standard InChI is InChI=1S/C10H14Cl2N2O/c1-10(2,3)4-5-15-7-6-8(11)13-14-9(7)12/h6H,4-5H2,1-3H3. The van der Waals surface area contributed by atoms with Crippen molar-refractivity contribution in [3.05, 3.63) is 16.4 Å². The van der Waals surface area contributed by atoms with E-state index in [0.29, 0.717) is 12.4 Å². The lowest BCUT2D eigenvalue weighted by Gasteiger charge is -2.18. The maximum atomic E-state index is 5.79. The van der Waals surface area contributed by atoms with E-state index >= 15 is 0 Å². The van der Waals surface area contributed by atoms with Gasteiger partial charge in [0.25, 0.3) is 0 Å². The lowest BCUT2D eigenvalue weighted by Crippen LogP contribution is -2.11. The Balaban J connectivity index is 2.54. The Morgan fingerprint density at radius 3 is 2.53 bits per heavy atom. The van der Waals surface area contributed by atoms with Crippen molar-refractivity contribution >= 4 is 23.2 Å². The zero-order chi connectivity index (χ0) is 11.5. The van der Waals surface area contributed by atoms with Crippen molar-refractivity contribution in [3.8, 4) is 5.75 Å². The summed E-state index contributed by atoms with van der Waals surface area (Å²) in [5, 5.41) is 7.78. The van der Waals surface area contributed by atoms with Gasteiger partial charge in [-0.25, -0.2) is 0 Å². The second kappa shape index (κ2) is 4.99. The molecule has 0 aliphatic carbocycles. The molecule has 0 aromatic carbocycles. The Labute approximate surface area is 99.7 Å². The second-order valence-electron chi connectivity index (χ2n) is 4.48. The predicted octanol–water partition coefficient (Wildman–Crippen LogP) is 3.60. The first-order valence-corrected chi connectivity index (χ1v) is 5.45. The zero-order valence-electron chi connectivity index (χ0n) is 9.05. The molecule has 0 N–H and O–H groups in total. The van der Waals surface area contributed by atoms with Crippen molar-refractivity contribution in [2.45, 2.75) is 27.2 Å². The maximum absolute atomic E-state index is 5.79. The van der Waals surface area contributed by atoms with E-state index in [0.717, 1.165) is 6.42 Å². The first kappa shape index (κ1) is 12.5. The van der Waals surface area contributed by atoms with Crippen LogP contribution in [0.4, 0.5) is 0 Å². The Hall–Kier alpha value is -0.540. The van der Waals surface area contributed by atoms with Crippen molar-refractivity contribution in [1.29, 1.82) is 0 Å². The number of rotatable bonds is 3. The molecule has 0 aliphatic rings. The van der Waals surface area contributed by atoms with Crippen LogP contribution in [0.25, 0.3) is 0 Å². The average molecular weight is 249 g/mol. The predicted molar refractivity (Wildman–Crippen MR) is 61.6 cm³/mol. The quantitative estimate of drug-likeness (QED) is 0.820. The van der Waals surface area contributed by atoms with Crippen molar-refractivity contribution in [3.63, 3.8) is 0 Å². The molecule has 0 unspecified atom stereocenters. The average Bonchev–Trinajstić information content (AvgIpc) is 2.09. The molecule has 0 fully saturated rings. The van der Waals surface area contributed by atoms with Crippen LogP contribution in [-0.4, -0.2) is 16.8 Å². The van der Waals surface area contributed by atoms with E-state index in [4.69, 9.17) is 27.9 Å². The molecule has 84 valence electrons. The molecule has 3 nitrogen and oxygen atoms in total. The first-order chi connectivity index (χ1) is 6.88. The maximum Gasteiger partial charge on any atom is 0.193 e. The SMILES string of the molecule is CC(C)(C)CCOc1cc(Cl)nnc1Cl. The van der Waals surface area contributed by atoms with Crippen LogP contribution in [0.2, 0.25) is 10.3 Å². The highest BCUT2D eigenvalue weighted by Gasteiger charge is 2.11. The van der Waals surface area contributed by atoms with Gasteiger partial charge in [-0.1, -0.05) is 44.0 Å². The summed E-state index contributed by atoms with van der Waals surface area (Å²) in [6, 6.07) is 1.57. The van der Waals surface area contributed by atoms with Crippen LogP contribution in [0.5, 0.6) is 5.75 Å². The number of hydrogen-bond donors (Lipinski definition) is 0. The third-order valence-electron chi connectivity index (χ3n) is 1.80. The Morgan fingerprint density at radius 1 is 1.27 bits per heavy atom. The molecule has 0 atom stereocenters. The van der Waals surface area contributed by atoms with Gasteiger partial charge in [0.1, 0.15) is 0 Å². The van der Waals surface area contributed by atoms with Gasteiger partial charge in [0.15, 0.2) is 16.1 Å².